The van der Waals surface area contributed by atoms with Crippen LogP contribution in [0.5, 0.6) is 0 Å². The number of rotatable bonds is 5. The molecule has 2 aromatic carbocycles. The van der Waals surface area contributed by atoms with Crippen LogP contribution in [0.15, 0.2) is 60.5 Å². The van der Waals surface area contributed by atoms with Gasteiger partial charge in [-0.2, -0.15) is 43.2 Å². The van der Waals surface area contributed by atoms with Crippen LogP contribution in [-0.2, 0) is 0 Å². The Hall–Kier alpha value is 0.629. The van der Waals surface area contributed by atoms with Crippen LogP contribution in [0.1, 0.15) is 219 Å². The van der Waals surface area contributed by atoms with Gasteiger partial charge < -0.3 is 49.7 Å². The van der Waals surface area contributed by atoms with Crippen LogP contribution in [0.3, 0.4) is 0 Å². The molecule has 0 aromatic heterocycles. The second kappa shape index (κ2) is 44.2. The van der Waals surface area contributed by atoms with Gasteiger partial charge in [-0.05, 0) is 155 Å². The minimum Gasteiger partial charge on any atom is -1.00 e. The average molecular weight is 1330 g/mol. The summed E-state index contributed by atoms with van der Waals surface area (Å²) >= 11 is 3.62. The second-order valence-corrected chi connectivity index (χ2v) is 23.1. The Morgan fingerprint density at radius 2 is 0.701 bits per heavy atom. The molecule has 0 bridgehead atoms. The van der Waals surface area contributed by atoms with E-state index in [1.165, 1.54) is 58.3 Å². The Labute approximate surface area is 537 Å². The third-order valence-electron chi connectivity index (χ3n) is 15.8. The summed E-state index contributed by atoms with van der Waals surface area (Å²) in [6, 6.07) is 6.63. The summed E-state index contributed by atoms with van der Waals surface area (Å²) in [7, 11) is 0. The average Bonchev–Trinajstić information content (AvgIpc) is 3.37. The minimum atomic E-state index is -2.13. The van der Waals surface area contributed by atoms with E-state index in [1.54, 1.807) is 31.2 Å². The van der Waals surface area contributed by atoms with E-state index in [1.807, 2.05) is 0 Å². The Morgan fingerprint density at radius 1 is 0.429 bits per heavy atom. The third kappa shape index (κ3) is 30.3. The first-order chi connectivity index (χ1) is 34.1. The molecular weight excluding hydrogens is 1240 g/mol. The van der Waals surface area contributed by atoms with Gasteiger partial charge >= 0.3 is 75.2 Å². The van der Waals surface area contributed by atoms with Crippen molar-refractivity contribution in [3.63, 3.8) is 0 Å². The summed E-state index contributed by atoms with van der Waals surface area (Å²) in [5.41, 5.74) is 1.61. The first kappa shape index (κ1) is 81.8. The molecule has 0 heterocycles. The Bertz CT molecular complexity index is 1960. The van der Waals surface area contributed by atoms with Gasteiger partial charge in [0, 0.05) is 22.6 Å². The zero-order valence-electron chi connectivity index (χ0n) is 48.8. The van der Waals surface area contributed by atoms with E-state index in [0.717, 1.165) is 80.9 Å². The number of aryl methyl sites for hydroxylation is 2. The van der Waals surface area contributed by atoms with Crippen LogP contribution < -0.4 is 34.0 Å². The molecule has 8 rings (SSSR count). The molecule has 0 atom stereocenters. The largest absolute Gasteiger partial charge is 2.00 e. The zero-order chi connectivity index (χ0) is 53.5. The van der Waals surface area contributed by atoms with Crippen LogP contribution in [0, 0.1) is 91.4 Å². The fourth-order valence-corrected chi connectivity index (χ4v) is 11.3. The number of benzene rings is 2. The van der Waals surface area contributed by atoms with Crippen molar-refractivity contribution in [3.05, 3.63) is 119 Å². The SMILES string of the molecule is C=C(F)F.CC1CCC(Br)CC1.CC1CCC(C(F)=C(F)F)CC1.CC1CC[CH-]CC1.Cc1ccc(C2CCC(/C(F)=C(\F)C3CCC(C)CC3)CC2)c(F)c1F.Cc1ccc(C2CC[CH-]CC2)c(F)c1F.[Br-].[Br-].[H-].[H-].[Mg+2].[Mg+2].[Mg+2]. The van der Waals surface area contributed by atoms with Gasteiger partial charge in [0.15, 0.2) is 29.1 Å². The van der Waals surface area contributed by atoms with Crippen molar-refractivity contribution >= 4 is 85.1 Å². The molecule has 0 N–H and O–H groups in total. The quantitative estimate of drug-likeness (QED) is 0.121. The molecule has 430 valence electrons. The van der Waals surface area contributed by atoms with E-state index in [9.17, 15) is 48.3 Å². The fraction of sp³-hybridized carbons (Fsp3) is 0.667. The van der Waals surface area contributed by atoms with Crippen LogP contribution in [0.25, 0.3) is 0 Å². The molecular formula is C60H86Br3F11Mg3. The number of halogens is 14. The number of hydrogen-bond donors (Lipinski definition) is 0. The van der Waals surface area contributed by atoms with Crippen molar-refractivity contribution in [1.29, 1.82) is 0 Å². The summed E-state index contributed by atoms with van der Waals surface area (Å²) in [6.07, 6.45) is 24.1. The molecule has 0 aliphatic heterocycles. The molecule has 0 amide bonds. The molecule has 77 heavy (non-hydrogen) atoms. The number of hydrogen-bond acceptors (Lipinski definition) is 0. The van der Waals surface area contributed by atoms with Crippen molar-refractivity contribution in [2.24, 2.45) is 41.4 Å². The van der Waals surface area contributed by atoms with Crippen molar-refractivity contribution in [1.82, 2.24) is 0 Å². The molecule has 6 aliphatic rings. The molecule has 0 nitrogen and oxygen atoms in total. The standard InChI is InChI=1S/C22H28F4.C13H15F2.C9H13F3.C7H13Br.C7H13.C2H2F2.2BrH.3Mg.2H/c1-13-3-6-16(7-4-13)20(24)21(25)17-10-8-15(9-11-17)18-12-5-14(2)19(23)22(18)26;1-9-7-8-11(13(15)12(9)14)10-5-3-2-4-6-10;1-6-2-4-7(5-3-6)8(10)9(11)12;1-6-2-4-7(8)5-3-6;1-7-5-3-2-4-6-7;1-2(3)4;;;;;;;/h5,12-13,15-17H,3-4,6-11H2,1-2H3;2,7-8,10H,3-6H2,1H3;6-7H,2-5H2,1H3;6-7H,2-5H2,1H3;2,7H,3-6H2,1H3;1H2;2*1H;;;;;/q;-1;;;-1;;;;3*+2;2*-1/p-2/b21-20+;;;;;;;;;;;;. The second-order valence-electron chi connectivity index (χ2n) is 21.9. The van der Waals surface area contributed by atoms with E-state index in [-0.39, 0.29) is 129 Å². The van der Waals surface area contributed by atoms with Gasteiger partial charge in [0.2, 0.25) is 0 Å². The van der Waals surface area contributed by atoms with Gasteiger partial charge in [-0.1, -0.05) is 119 Å². The van der Waals surface area contributed by atoms with Crippen LogP contribution in [-0.4, -0.2) is 74.0 Å². The fourth-order valence-electron chi connectivity index (χ4n) is 10.7. The Balaban J connectivity index is -0.000000298. The first-order valence-corrected chi connectivity index (χ1v) is 27.9. The topological polar surface area (TPSA) is 0 Å². The molecule has 17 heteroatoms. The maximum absolute atomic E-state index is 14.7. The van der Waals surface area contributed by atoms with E-state index < -0.39 is 64.7 Å². The summed E-state index contributed by atoms with van der Waals surface area (Å²) in [4.78, 5) is 0.832. The van der Waals surface area contributed by atoms with E-state index in [2.05, 4.69) is 63.0 Å². The van der Waals surface area contributed by atoms with Crippen molar-refractivity contribution < 1.29 is 85.1 Å². The van der Waals surface area contributed by atoms with E-state index >= 15 is 0 Å². The molecule has 6 fully saturated rings. The van der Waals surface area contributed by atoms with Crippen LogP contribution in [0.4, 0.5) is 48.3 Å². The summed E-state index contributed by atoms with van der Waals surface area (Å²) in [5, 5.41) is 0. The maximum Gasteiger partial charge on any atom is 2.00 e. The summed E-state index contributed by atoms with van der Waals surface area (Å²) in [5.74, 6) is -3.16. The van der Waals surface area contributed by atoms with Gasteiger partial charge in [-0.25, -0.2) is 30.7 Å². The summed E-state index contributed by atoms with van der Waals surface area (Å²) in [6.45, 7) is 14.3. The van der Waals surface area contributed by atoms with Gasteiger partial charge in [-0.15, -0.1) is 0 Å². The van der Waals surface area contributed by atoms with Crippen LogP contribution in [0.2, 0.25) is 0 Å². The number of allylic oxidation sites excluding steroid dienone is 3. The van der Waals surface area contributed by atoms with E-state index in [0.29, 0.717) is 67.1 Å². The van der Waals surface area contributed by atoms with Gasteiger partial charge in [0.05, 0.1) is 0 Å². The molecule has 0 radical (unpaired) electrons. The predicted molar refractivity (Wildman–Crippen MR) is 297 cm³/mol. The Morgan fingerprint density at radius 3 is 1.00 bits per heavy atom. The number of alkyl halides is 1. The van der Waals surface area contributed by atoms with Crippen molar-refractivity contribution in [3.8, 4) is 0 Å². The minimum absolute atomic E-state index is 0. The van der Waals surface area contributed by atoms with Gasteiger partial charge in [0.1, 0.15) is 11.7 Å². The molecule has 6 saturated carbocycles. The van der Waals surface area contributed by atoms with Crippen molar-refractivity contribution in [2.45, 2.75) is 212 Å². The molecule has 0 unspecified atom stereocenters. The first-order valence-electron chi connectivity index (χ1n) is 27.0. The third-order valence-corrected chi connectivity index (χ3v) is 16.8. The summed E-state index contributed by atoms with van der Waals surface area (Å²) < 4.78 is 141. The maximum atomic E-state index is 14.7. The molecule has 0 spiro atoms. The van der Waals surface area contributed by atoms with Gasteiger partial charge in [0.25, 0.3) is 6.08 Å². The Kier molecular flexibility index (Phi) is 46.9. The predicted octanol–water partition coefficient (Wildman–Crippen LogP) is 15.4. The van der Waals surface area contributed by atoms with Crippen LogP contribution >= 0.6 is 15.9 Å². The monoisotopic (exact) mass is 1320 g/mol. The van der Waals surface area contributed by atoms with Gasteiger partial charge in [-0.3, -0.25) is 0 Å². The molecule has 0 saturated heterocycles. The molecule has 6 aliphatic carbocycles. The van der Waals surface area contributed by atoms with E-state index in [4.69, 9.17) is 0 Å². The normalized spacial score (nSPS) is 25.4. The molecule has 2 aromatic rings. The van der Waals surface area contributed by atoms with Crippen molar-refractivity contribution in [2.75, 3.05) is 0 Å². The zero-order valence-corrected chi connectivity index (χ0v) is 55.8. The smallest absolute Gasteiger partial charge is 1.00 e.